The molecule has 4 rings (SSSR count). The average Bonchev–Trinajstić information content (AvgIpc) is 3.44. The van der Waals surface area contributed by atoms with Crippen LogP contribution in [0.2, 0.25) is 0 Å². The highest BCUT2D eigenvalue weighted by Crippen LogP contribution is 2.31. The van der Waals surface area contributed by atoms with Gasteiger partial charge in [0.15, 0.2) is 17.3 Å². The number of anilines is 3. The summed E-state index contributed by atoms with van der Waals surface area (Å²) in [6, 6.07) is 3.77. The van der Waals surface area contributed by atoms with Crippen molar-refractivity contribution in [2.45, 2.75) is 25.9 Å². The fourth-order valence-corrected chi connectivity index (χ4v) is 4.68. The number of carbonyl (C=O) groups excluding carboxylic acids is 1. The van der Waals surface area contributed by atoms with Gasteiger partial charge < -0.3 is 15.4 Å². The minimum absolute atomic E-state index is 0.0211. The van der Waals surface area contributed by atoms with E-state index in [1.54, 1.807) is 11.8 Å². The third-order valence-corrected chi connectivity index (χ3v) is 6.56. The van der Waals surface area contributed by atoms with E-state index >= 15 is 0 Å². The molecule has 1 saturated heterocycles. The van der Waals surface area contributed by atoms with Gasteiger partial charge in [-0.05, 0) is 43.6 Å². The first-order chi connectivity index (χ1) is 18.0. The quantitative estimate of drug-likeness (QED) is 0.341. The number of ether oxygens (including phenoxy) is 1. The van der Waals surface area contributed by atoms with Gasteiger partial charge in [-0.3, -0.25) is 9.69 Å². The van der Waals surface area contributed by atoms with E-state index in [2.05, 4.69) is 25.0 Å². The zero-order valence-corrected chi connectivity index (χ0v) is 20.7. The number of likely N-dealkylation sites (tertiary alicyclic amines) is 1. The molecule has 0 spiro atoms. The average molecular weight is 561 g/mol. The Morgan fingerprint density at radius 2 is 2.05 bits per heavy atom. The second kappa shape index (κ2) is 11.5. The number of aromatic nitrogens is 3. The molecule has 1 atom stereocenters. The summed E-state index contributed by atoms with van der Waals surface area (Å²) < 4.78 is 87.3. The Morgan fingerprint density at radius 3 is 2.74 bits per heavy atom. The Morgan fingerprint density at radius 1 is 1.26 bits per heavy atom. The molecule has 1 amide bonds. The number of hydrogen-bond acceptors (Lipinski definition) is 8. The highest BCUT2D eigenvalue weighted by molar-refractivity contribution is 7.10. The predicted molar refractivity (Wildman–Crippen MR) is 128 cm³/mol. The van der Waals surface area contributed by atoms with E-state index in [0.717, 1.165) is 23.8 Å². The molecule has 2 aromatic heterocycles. The van der Waals surface area contributed by atoms with Crippen molar-refractivity contribution >= 4 is 33.9 Å². The van der Waals surface area contributed by atoms with Crippen LogP contribution in [0.25, 0.3) is 0 Å². The Balaban J connectivity index is 1.40. The molecule has 204 valence electrons. The number of benzene rings is 1. The maximum atomic E-state index is 14.3. The molecule has 1 aliphatic heterocycles. The molecule has 8 nitrogen and oxygen atoms in total. The number of amides is 1. The first-order valence-electron chi connectivity index (χ1n) is 11.4. The highest BCUT2D eigenvalue weighted by Gasteiger charge is 2.33. The number of nitrogens with zero attached hydrogens (tertiary/aromatic N) is 4. The Kier molecular flexibility index (Phi) is 8.35. The lowest BCUT2D eigenvalue weighted by Gasteiger charge is -2.16. The number of hydrogen-bond donors (Lipinski definition) is 2. The highest BCUT2D eigenvalue weighted by atomic mass is 32.1. The summed E-state index contributed by atoms with van der Waals surface area (Å²) in [5, 5.41) is 5.60. The van der Waals surface area contributed by atoms with E-state index in [4.69, 9.17) is 4.74 Å². The lowest BCUT2D eigenvalue weighted by atomic mass is 10.1. The fraction of sp³-hybridized carbons (Fsp3) is 0.391. The molecule has 0 radical (unpaired) electrons. The zero-order chi connectivity index (χ0) is 27.4. The summed E-state index contributed by atoms with van der Waals surface area (Å²) in [7, 11) is 0. The van der Waals surface area contributed by atoms with E-state index in [-0.39, 0.29) is 46.9 Å². The van der Waals surface area contributed by atoms with Gasteiger partial charge in [0, 0.05) is 24.2 Å². The molecule has 38 heavy (non-hydrogen) atoms. The number of carbonyl (C=O) groups is 1. The lowest BCUT2D eigenvalue weighted by Crippen LogP contribution is -2.27. The second-order valence-corrected chi connectivity index (χ2v) is 9.37. The van der Waals surface area contributed by atoms with Crippen molar-refractivity contribution in [3.63, 3.8) is 0 Å². The van der Waals surface area contributed by atoms with Gasteiger partial charge in [-0.25, -0.2) is 23.1 Å². The van der Waals surface area contributed by atoms with E-state index < -0.39 is 30.0 Å². The van der Waals surface area contributed by atoms with Crippen molar-refractivity contribution in [2.75, 3.05) is 36.9 Å². The van der Waals surface area contributed by atoms with Crippen LogP contribution in [0.5, 0.6) is 5.75 Å². The van der Waals surface area contributed by atoms with Gasteiger partial charge in [-0.15, -0.1) is 0 Å². The topological polar surface area (TPSA) is 92.3 Å². The van der Waals surface area contributed by atoms with E-state index in [9.17, 15) is 31.1 Å². The van der Waals surface area contributed by atoms with Crippen LogP contribution >= 0.6 is 11.5 Å². The largest absolute Gasteiger partial charge is 0.490 e. The van der Waals surface area contributed by atoms with Crippen LogP contribution in [0.15, 0.2) is 30.6 Å². The van der Waals surface area contributed by atoms with E-state index in [0.29, 0.717) is 31.4 Å². The van der Waals surface area contributed by atoms with Crippen molar-refractivity contribution in [2.24, 2.45) is 5.92 Å². The van der Waals surface area contributed by atoms with Gasteiger partial charge in [0.05, 0.1) is 36.8 Å². The third-order valence-electron chi connectivity index (χ3n) is 5.70. The minimum atomic E-state index is -4.64. The van der Waals surface area contributed by atoms with Gasteiger partial charge >= 0.3 is 6.18 Å². The molecule has 1 fully saturated rings. The number of aryl methyl sites for hydroxylation is 1. The van der Waals surface area contributed by atoms with Crippen LogP contribution in [0.1, 0.15) is 28.2 Å². The van der Waals surface area contributed by atoms with Crippen molar-refractivity contribution in [1.82, 2.24) is 19.2 Å². The summed E-state index contributed by atoms with van der Waals surface area (Å²) in [6.07, 6.45) is -4.96. The summed E-state index contributed by atoms with van der Waals surface area (Å²) in [6.45, 7) is 2.33. The van der Waals surface area contributed by atoms with Gasteiger partial charge in [-0.1, -0.05) is 0 Å². The molecule has 1 aliphatic rings. The summed E-state index contributed by atoms with van der Waals surface area (Å²) in [4.78, 5) is 21.6. The van der Waals surface area contributed by atoms with Crippen LogP contribution < -0.4 is 15.4 Å². The monoisotopic (exact) mass is 560 g/mol. The summed E-state index contributed by atoms with van der Waals surface area (Å²) in [5.74, 6) is -1.41. The second-order valence-electron chi connectivity index (χ2n) is 8.60. The van der Waals surface area contributed by atoms with Gasteiger partial charge in [0.1, 0.15) is 10.8 Å². The minimum Gasteiger partial charge on any atom is -0.490 e. The van der Waals surface area contributed by atoms with E-state index in [1.165, 1.54) is 12.1 Å². The van der Waals surface area contributed by atoms with Crippen LogP contribution in [-0.2, 0) is 6.18 Å². The number of rotatable bonds is 9. The smallest absolute Gasteiger partial charge is 0.434 e. The molecule has 3 aromatic rings. The fourth-order valence-electron chi connectivity index (χ4n) is 3.88. The van der Waals surface area contributed by atoms with Gasteiger partial charge in [-0.2, -0.15) is 17.5 Å². The predicted octanol–water partition coefficient (Wildman–Crippen LogP) is 5.36. The molecule has 15 heteroatoms. The normalized spacial score (nSPS) is 16.2. The van der Waals surface area contributed by atoms with Crippen molar-refractivity contribution in [1.29, 1.82) is 0 Å². The molecule has 2 N–H and O–H groups in total. The molecule has 0 saturated carbocycles. The van der Waals surface area contributed by atoms with Crippen molar-refractivity contribution in [3.05, 3.63) is 53.4 Å². The Labute approximate surface area is 217 Å². The molecule has 3 heterocycles. The van der Waals surface area contributed by atoms with Gasteiger partial charge in [0.2, 0.25) is 0 Å². The van der Waals surface area contributed by atoms with Crippen LogP contribution in [0.4, 0.5) is 42.8 Å². The molecule has 1 unspecified atom stereocenters. The van der Waals surface area contributed by atoms with Crippen molar-refractivity contribution < 1.29 is 35.9 Å². The maximum Gasteiger partial charge on any atom is 0.434 e. The van der Waals surface area contributed by atoms with Crippen LogP contribution in [-0.4, -0.2) is 57.8 Å². The standard InChI is InChI=1S/C23H22F6N6O2S/c1-12-20(22(38-34-12)33-19-8-30-17(7-31-19)23(27,28)29)21(36)32-14-2-3-15(24)16(6-14)37-11-13-4-5-35(9-13)10-18(25)26/h2-3,6-8,13,18H,4-5,9-11H2,1H3,(H,31,33)(H,32,36). The summed E-state index contributed by atoms with van der Waals surface area (Å²) in [5.41, 5.74) is -0.464. The van der Waals surface area contributed by atoms with Crippen LogP contribution in [0, 0.1) is 18.7 Å². The zero-order valence-electron chi connectivity index (χ0n) is 19.9. The number of nitrogens with one attached hydrogen (secondary N) is 2. The third kappa shape index (κ3) is 6.89. The molecular weight excluding hydrogens is 538 g/mol. The Hall–Kier alpha value is -3.46. The summed E-state index contributed by atoms with van der Waals surface area (Å²) >= 11 is 0.904. The number of halogens is 6. The van der Waals surface area contributed by atoms with Gasteiger partial charge in [0.25, 0.3) is 12.3 Å². The molecular formula is C23H22F6N6O2S. The maximum absolute atomic E-state index is 14.3. The SMILES string of the molecule is Cc1nsc(Nc2cnc(C(F)(F)F)cn2)c1C(=O)Nc1ccc(F)c(OCC2CCN(CC(F)F)C2)c1. The van der Waals surface area contributed by atoms with Crippen molar-refractivity contribution in [3.8, 4) is 5.75 Å². The first-order valence-corrected chi connectivity index (χ1v) is 12.1. The molecule has 1 aromatic carbocycles. The first kappa shape index (κ1) is 27.6. The lowest BCUT2D eigenvalue weighted by molar-refractivity contribution is -0.141. The number of alkyl halides is 5. The van der Waals surface area contributed by atoms with Crippen LogP contribution in [0.3, 0.4) is 0 Å². The molecule has 0 bridgehead atoms. The Bertz CT molecular complexity index is 1270. The molecule has 0 aliphatic carbocycles. The van der Waals surface area contributed by atoms with E-state index in [1.807, 2.05) is 0 Å².